The van der Waals surface area contributed by atoms with Gasteiger partial charge >= 0.3 is 6.18 Å². The van der Waals surface area contributed by atoms with E-state index in [1.165, 1.54) is 6.07 Å². The van der Waals surface area contributed by atoms with Crippen molar-refractivity contribution in [2.24, 2.45) is 10.7 Å². The van der Waals surface area contributed by atoms with Crippen LogP contribution in [0.15, 0.2) is 41.4 Å². The molecule has 0 fully saturated rings. The van der Waals surface area contributed by atoms with Crippen LogP contribution in [0.4, 0.5) is 18.9 Å². The summed E-state index contributed by atoms with van der Waals surface area (Å²) in [5, 5.41) is 0. The van der Waals surface area contributed by atoms with Crippen molar-refractivity contribution in [3.63, 3.8) is 0 Å². The van der Waals surface area contributed by atoms with E-state index in [0.29, 0.717) is 5.75 Å². The Morgan fingerprint density at radius 2 is 1.85 bits per heavy atom. The predicted molar refractivity (Wildman–Crippen MR) is 98.8 cm³/mol. The van der Waals surface area contributed by atoms with Crippen molar-refractivity contribution in [3.8, 4) is 11.5 Å². The highest BCUT2D eigenvalue weighted by atomic mass is 35.5. The first-order valence-electron chi connectivity index (χ1n) is 8.00. The SMILES string of the molecule is Cc1ccc(C(C)C)c(Oc2ccc(C(F)(F)F)cc2N=C(N)CCl)c1. The second kappa shape index (κ2) is 7.99. The van der Waals surface area contributed by atoms with Crippen molar-refractivity contribution in [1.82, 2.24) is 0 Å². The number of nitrogens with zero attached hydrogens (tertiary/aromatic N) is 1. The fourth-order valence-corrected chi connectivity index (χ4v) is 2.44. The number of hydrogen-bond acceptors (Lipinski definition) is 2. The molecule has 0 saturated carbocycles. The van der Waals surface area contributed by atoms with Crippen molar-refractivity contribution < 1.29 is 17.9 Å². The molecule has 140 valence electrons. The van der Waals surface area contributed by atoms with Gasteiger partial charge in [-0.15, -0.1) is 11.6 Å². The Morgan fingerprint density at radius 1 is 1.15 bits per heavy atom. The van der Waals surface area contributed by atoms with Crippen molar-refractivity contribution in [1.29, 1.82) is 0 Å². The summed E-state index contributed by atoms with van der Waals surface area (Å²) in [5.41, 5.74) is 6.67. The zero-order valence-corrected chi connectivity index (χ0v) is 15.4. The molecule has 0 heterocycles. The number of rotatable bonds is 5. The number of alkyl halides is 4. The van der Waals surface area contributed by atoms with E-state index in [4.69, 9.17) is 22.1 Å². The van der Waals surface area contributed by atoms with E-state index < -0.39 is 11.7 Å². The predicted octanol–water partition coefficient (Wildman–Crippen LogP) is 6.16. The number of aryl methyl sites for hydroxylation is 1. The number of halogens is 4. The first kappa shape index (κ1) is 20.1. The number of aliphatic imine (C=N–C) groups is 1. The van der Waals surface area contributed by atoms with E-state index in [-0.39, 0.29) is 29.1 Å². The fraction of sp³-hybridized carbons (Fsp3) is 0.316. The average Bonchev–Trinajstić information content (AvgIpc) is 2.55. The van der Waals surface area contributed by atoms with Crippen LogP contribution in [0.3, 0.4) is 0 Å². The molecule has 0 amide bonds. The van der Waals surface area contributed by atoms with E-state index in [1.54, 1.807) is 0 Å². The van der Waals surface area contributed by atoms with Crippen LogP contribution in [0.2, 0.25) is 0 Å². The lowest BCUT2D eigenvalue weighted by Crippen LogP contribution is -2.12. The Bertz CT molecular complexity index is 817. The van der Waals surface area contributed by atoms with Crippen LogP contribution in [-0.2, 0) is 6.18 Å². The molecule has 3 nitrogen and oxygen atoms in total. The zero-order valence-electron chi connectivity index (χ0n) is 14.7. The number of nitrogens with two attached hydrogens (primary N) is 1. The van der Waals surface area contributed by atoms with E-state index in [9.17, 15) is 13.2 Å². The van der Waals surface area contributed by atoms with Gasteiger partial charge in [-0.25, -0.2) is 4.99 Å². The van der Waals surface area contributed by atoms with E-state index in [1.807, 2.05) is 39.0 Å². The Hall–Kier alpha value is -2.21. The number of benzene rings is 2. The second-order valence-corrected chi connectivity index (χ2v) is 6.48. The van der Waals surface area contributed by atoms with Gasteiger partial charge in [0.15, 0.2) is 5.75 Å². The van der Waals surface area contributed by atoms with Gasteiger partial charge in [0.25, 0.3) is 0 Å². The normalized spacial score (nSPS) is 12.5. The smallest absolute Gasteiger partial charge is 0.416 e. The Balaban J connectivity index is 2.54. The molecule has 0 aliphatic heterocycles. The lowest BCUT2D eigenvalue weighted by atomic mass is 10.0. The molecule has 0 unspecified atom stereocenters. The summed E-state index contributed by atoms with van der Waals surface area (Å²) in [5.74, 6) is 0.834. The summed E-state index contributed by atoms with van der Waals surface area (Å²) < 4.78 is 45.0. The largest absolute Gasteiger partial charge is 0.455 e. The molecule has 2 aromatic rings. The molecule has 2 rings (SSSR count). The maximum absolute atomic E-state index is 13.0. The third-order valence-corrected chi connectivity index (χ3v) is 3.97. The molecule has 0 aliphatic rings. The van der Waals surface area contributed by atoms with E-state index in [0.717, 1.165) is 23.3 Å². The van der Waals surface area contributed by atoms with Gasteiger partial charge in [0.05, 0.1) is 11.4 Å². The molecule has 2 N–H and O–H groups in total. The van der Waals surface area contributed by atoms with Gasteiger partial charge in [0.1, 0.15) is 17.3 Å². The van der Waals surface area contributed by atoms with Gasteiger partial charge in [0.2, 0.25) is 0 Å². The average molecular weight is 385 g/mol. The van der Waals surface area contributed by atoms with Crippen molar-refractivity contribution >= 4 is 23.1 Å². The molecular formula is C19H20ClF3N2O. The van der Waals surface area contributed by atoms with Crippen LogP contribution in [0, 0.1) is 6.92 Å². The maximum Gasteiger partial charge on any atom is 0.416 e. The molecule has 0 saturated heterocycles. The lowest BCUT2D eigenvalue weighted by Gasteiger charge is -2.17. The van der Waals surface area contributed by atoms with Gasteiger partial charge in [0, 0.05) is 0 Å². The van der Waals surface area contributed by atoms with Gasteiger partial charge in [-0.2, -0.15) is 13.2 Å². The molecule has 2 aromatic carbocycles. The van der Waals surface area contributed by atoms with Crippen LogP contribution in [-0.4, -0.2) is 11.7 Å². The van der Waals surface area contributed by atoms with Crippen molar-refractivity contribution in [2.75, 3.05) is 5.88 Å². The summed E-state index contributed by atoms with van der Waals surface area (Å²) >= 11 is 5.61. The molecule has 0 aromatic heterocycles. The van der Waals surface area contributed by atoms with E-state index in [2.05, 4.69) is 4.99 Å². The molecule has 26 heavy (non-hydrogen) atoms. The molecule has 0 radical (unpaired) electrons. The third-order valence-electron chi connectivity index (χ3n) is 3.70. The Labute approximate surface area is 155 Å². The third kappa shape index (κ3) is 4.91. The minimum atomic E-state index is -4.50. The standard InChI is InChI=1S/C19H20ClF3N2O/c1-11(2)14-6-4-12(3)8-17(14)26-16-7-5-13(19(21,22)23)9-15(16)25-18(24)10-20/h4-9,11H,10H2,1-3H3,(H2,24,25). The summed E-state index contributed by atoms with van der Waals surface area (Å²) in [4.78, 5) is 3.98. The molecule has 0 aliphatic carbocycles. The van der Waals surface area contributed by atoms with Gasteiger partial charge in [-0.3, -0.25) is 0 Å². The number of hydrogen-bond donors (Lipinski definition) is 1. The zero-order chi connectivity index (χ0) is 19.5. The summed E-state index contributed by atoms with van der Waals surface area (Å²) in [6.45, 7) is 5.93. The minimum absolute atomic E-state index is 0.00386. The maximum atomic E-state index is 13.0. The Morgan fingerprint density at radius 3 is 2.42 bits per heavy atom. The first-order valence-corrected chi connectivity index (χ1v) is 8.54. The summed E-state index contributed by atoms with van der Waals surface area (Å²) in [6.07, 6.45) is -4.50. The van der Waals surface area contributed by atoms with Gasteiger partial charge in [-0.1, -0.05) is 26.0 Å². The van der Waals surface area contributed by atoms with Crippen molar-refractivity contribution in [2.45, 2.75) is 32.9 Å². The highest BCUT2D eigenvalue weighted by molar-refractivity contribution is 6.28. The van der Waals surface area contributed by atoms with Crippen molar-refractivity contribution in [3.05, 3.63) is 53.1 Å². The highest BCUT2D eigenvalue weighted by Gasteiger charge is 2.31. The molecule has 0 bridgehead atoms. The topological polar surface area (TPSA) is 47.6 Å². The molecule has 0 spiro atoms. The van der Waals surface area contributed by atoms with Crippen LogP contribution in [0.5, 0.6) is 11.5 Å². The second-order valence-electron chi connectivity index (χ2n) is 6.22. The Kier molecular flexibility index (Phi) is 6.18. The van der Waals surface area contributed by atoms with Crippen LogP contribution in [0.25, 0.3) is 0 Å². The van der Waals surface area contributed by atoms with Gasteiger partial charge < -0.3 is 10.5 Å². The first-order chi connectivity index (χ1) is 12.1. The monoisotopic (exact) mass is 384 g/mol. The molecular weight excluding hydrogens is 365 g/mol. The van der Waals surface area contributed by atoms with E-state index >= 15 is 0 Å². The van der Waals surface area contributed by atoms with Crippen LogP contribution >= 0.6 is 11.6 Å². The molecule has 7 heteroatoms. The fourth-order valence-electron chi connectivity index (χ4n) is 2.38. The number of amidine groups is 1. The lowest BCUT2D eigenvalue weighted by molar-refractivity contribution is -0.137. The number of ether oxygens (including phenoxy) is 1. The summed E-state index contributed by atoms with van der Waals surface area (Å²) in [7, 11) is 0. The molecule has 0 atom stereocenters. The minimum Gasteiger partial charge on any atom is -0.455 e. The van der Waals surface area contributed by atoms with Crippen LogP contribution < -0.4 is 10.5 Å². The van der Waals surface area contributed by atoms with Crippen LogP contribution in [0.1, 0.15) is 36.5 Å². The highest BCUT2D eigenvalue weighted by Crippen LogP contribution is 2.40. The quantitative estimate of drug-likeness (QED) is 0.381. The summed E-state index contributed by atoms with van der Waals surface area (Å²) in [6, 6.07) is 8.84. The van der Waals surface area contributed by atoms with Gasteiger partial charge in [-0.05, 0) is 48.2 Å².